The first-order valence-corrected chi connectivity index (χ1v) is 5.98. The Balaban J connectivity index is 3.12. The smallest absolute Gasteiger partial charge is 0.379 e. The van der Waals surface area contributed by atoms with Gasteiger partial charge in [0.25, 0.3) is 5.78 Å². The molecule has 3 nitrogen and oxygen atoms in total. The molecular formula is C11H10F2O3S. The Hall–Kier alpha value is -1.43. The van der Waals surface area contributed by atoms with Gasteiger partial charge in [-0.15, -0.1) is 11.8 Å². The van der Waals surface area contributed by atoms with Crippen LogP contribution in [0.25, 0.3) is 0 Å². The fraction of sp³-hybridized carbons (Fsp3) is 0.273. The normalized spacial score (nSPS) is 10.1. The third-order valence-electron chi connectivity index (χ3n) is 1.97. The maximum absolute atomic E-state index is 13.5. The van der Waals surface area contributed by atoms with Gasteiger partial charge in [0.15, 0.2) is 11.6 Å². The Labute approximate surface area is 101 Å². The molecule has 0 N–H and O–H groups in total. The van der Waals surface area contributed by atoms with Gasteiger partial charge in [-0.2, -0.15) is 0 Å². The minimum Gasteiger partial charge on any atom is -0.460 e. The second-order valence-electron chi connectivity index (χ2n) is 2.99. The summed E-state index contributed by atoms with van der Waals surface area (Å²) in [5, 5.41) is 0. The van der Waals surface area contributed by atoms with E-state index in [-0.39, 0.29) is 11.5 Å². The minimum absolute atomic E-state index is 0.00241. The van der Waals surface area contributed by atoms with Crippen LogP contribution in [0, 0.1) is 11.6 Å². The first-order chi connectivity index (χ1) is 8.02. The zero-order chi connectivity index (χ0) is 13.0. The molecule has 0 aliphatic carbocycles. The second kappa shape index (κ2) is 5.77. The fourth-order valence-corrected chi connectivity index (χ4v) is 1.64. The Bertz CT molecular complexity index is 460. The van der Waals surface area contributed by atoms with E-state index < -0.39 is 29.0 Å². The molecule has 1 rings (SSSR count). The summed E-state index contributed by atoms with van der Waals surface area (Å²) in [5.74, 6) is -4.83. The third-order valence-corrected chi connectivity index (χ3v) is 2.73. The molecule has 0 unspecified atom stereocenters. The molecule has 0 aliphatic rings. The number of ether oxygens (including phenoxy) is 1. The van der Waals surface area contributed by atoms with E-state index in [0.717, 1.165) is 17.8 Å². The van der Waals surface area contributed by atoms with E-state index in [0.29, 0.717) is 0 Å². The van der Waals surface area contributed by atoms with E-state index in [1.165, 1.54) is 13.0 Å². The number of Topliss-reactive ketones (excluding diaryl/α,β-unsaturated/α-hetero) is 1. The summed E-state index contributed by atoms with van der Waals surface area (Å²) < 4.78 is 31.3. The van der Waals surface area contributed by atoms with Crippen molar-refractivity contribution in [1.29, 1.82) is 0 Å². The SMILES string of the molecule is CCOC(=O)C(=O)c1ccc(SC)c(F)c1F. The number of carbonyl (C=O) groups is 2. The van der Waals surface area contributed by atoms with Crippen molar-refractivity contribution >= 4 is 23.5 Å². The van der Waals surface area contributed by atoms with Gasteiger partial charge in [-0.25, -0.2) is 13.6 Å². The lowest BCUT2D eigenvalue weighted by atomic mass is 10.1. The average Bonchev–Trinajstić information content (AvgIpc) is 2.32. The highest BCUT2D eigenvalue weighted by Crippen LogP contribution is 2.24. The molecule has 0 spiro atoms. The molecule has 0 radical (unpaired) electrons. The number of esters is 1. The van der Waals surface area contributed by atoms with Gasteiger partial charge in [0.1, 0.15) is 0 Å². The van der Waals surface area contributed by atoms with Crippen molar-refractivity contribution in [2.24, 2.45) is 0 Å². The van der Waals surface area contributed by atoms with Gasteiger partial charge in [-0.1, -0.05) is 0 Å². The molecule has 0 fully saturated rings. The molecule has 0 heterocycles. The Kier molecular flexibility index (Phi) is 4.62. The van der Waals surface area contributed by atoms with Crippen molar-refractivity contribution < 1.29 is 23.1 Å². The highest BCUT2D eigenvalue weighted by atomic mass is 32.2. The van der Waals surface area contributed by atoms with E-state index in [1.807, 2.05) is 0 Å². The number of halogens is 2. The molecule has 0 aliphatic heterocycles. The summed E-state index contributed by atoms with van der Waals surface area (Å²) in [6, 6.07) is 2.32. The molecule has 6 heteroatoms. The van der Waals surface area contributed by atoms with E-state index in [9.17, 15) is 18.4 Å². The number of ketones is 1. The summed E-state index contributed by atoms with van der Waals surface area (Å²) >= 11 is 1.01. The zero-order valence-corrected chi connectivity index (χ0v) is 10.1. The molecule has 0 atom stereocenters. The van der Waals surface area contributed by atoms with Gasteiger partial charge in [-0.05, 0) is 25.3 Å². The molecule has 0 bridgehead atoms. The summed E-state index contributed by atoms with van der Waals surface area (Å²) in [6.07, 6.45) is 1.57. The number of benzene rings is 1. The van der Waals surface area contributed by atoms with E-state index in [1.54, 1.807) is 6.26 Å². The van der Waals surface area contributed by atoms with Gasteiger partial charge < -0.3 is 4.74 Å². The van der Waals surface area contributed by atoms with E-state index >= 15 is 0 Å². The van der Waals surface area contributed by atoms with Crippen molar-refractivity contribution in [3.63, 3.8) is 0 Å². The van der Waals surface area contributed by atoms with Gasteiger partial charge >= 0.3 is 5.97 Å². The topological polar surface area (TPSA) is 43.4 Å². The predicted octanol–water partition coefficient (Wildman–Crippen LogP) is 2.43. The third kappa shape index (κ3) is 2.82. The predicted molar refractivity (Wildman–Crippen MR) is 59.1 cm³/mol. The Morgan fingerprint density at radius 3 is 2.47 bits per heavy atom. The number of hydrogen-bond acceptors (Lipinski definition) is 4. The van der Waals surface area contributed by atoms with Gasteiger partial charge in [-0.3, -0.25) is 4.79 Å². The van der Waals surface area contributed by atoms with Crippen LogP contribution in [0.5, 0.6) is 0 Å². The van der Waals surface area contributed by atoms with Crippen LogP contribution < -0.4 is 0 Å². The largest absolute Gasteiger partial charge is 0.460 e. The molecule has 1 aromatic rings. The van der Waals surface area contributed by atoms with Crippen molar-refractivity contribution in [2.45, 2.75) is 11.8 Å². The van der Waals surface area contributed by atoms with Crippen LogP contribution in [0.1, 0.15) is 17.3 Å². The number of rotatable bonds is 4. The van der Waals surface area contributed by atoms with Crippen LogP contribution in [-0.4, -0.2) is 24.6 Å². The summed E-state index contributed by atoms with van der Waals surface area (Å²) in [7, 11) is 0. The lowest BCUT2D eigenvalue weighted by Gasteiger charge is -2.05. The second-order valence-corrected chi connectivity index (χ2v) is 3.84. The van der Waals surface area contributed by atoms with Crippen LogP contribution in [-0.2, 0) is 9.53 Å². The maximum Gasteiger partial charge on any atom is 0.379 e. The average molecular weight is 260 g/mol. The molecule has 92 valence electrons. The van der Waals surface area contributed by atoms with Crippen LogP contribution in [0.3, 0.4) is 0 Å². The van der Waals surface area contributed by atoms with Crippen LogP contribution >= 0.6 is 11.8 Å². The molecule has 17 heavy (non-hydrogen) atoms. The highest BCUT2D eigenvalue weighted by Gasteiger charge is 2.24. The molecule has 0 saturated heterocycles. The molecular weight excluding hydrogens is 250 g/mol. The number of hydrogen-bond donors (Lipinski definition) is 0. The lowest BCUT2D eigenvalue weighted by molar-refractivity contribution is -0.137. The van der Waals surface area contributed by atoms with E-state index in [2.05, 4.69) is 4.74 Å². The van der Waals surface area contributed by atoms with Crippen molar-refractivity contribution in [2.75, 3.05) is 12.9 Å². The number of carbonyl (C=O) groups excluding carboxylic acids is 2. The highest BCUT2D eigenvalue weighted by molar-refractivity contribution is 7.98. The standard InChI is InChI=1S/C11H10F2O3S/c1-3-16-11(15)10(14)6-4-5-7(17-2)9(13)8(6)12/h4-5H,3H2,1-2H3. The van der Waals surface area contributed by atoms with Gasteiger partial charge in [0.2, 0.25) is 0 Å². The molecule has 1 aromatic carbocycles. The monoisotopic (exact) mass is 260 g/mol. The van der Waals surface area contributed by atoms with Crippen molar-refractivity contribution in [3.8, 4) is 0 Å². The quantitative estimate of drug-likeness (QED) is 0.361. The number of thioether (sulfide) groups is 1. The Morgan fingerprint density at radius 1 is 1.29 bits per heavy atom. The first kappa shape index (κ1) is 13.6. The maximum atomic E-state index is 13.5. The lowest BCUT2D eigenvalue weighted by Crippen LogP contribution is -2.19. The van der Waals surface area contributed by atoms with Gasteiger partial charge in [0.05, 0.1) is 12.2 Å². The summed E-state index contributed by atoms with van der Waals surface area (Å²) in [6.45, 7) is 1.51. The van der Waals surface area contributed by atoms with Crippen LogP contribution in [0.4, 0.5) is 8.78 Å². The van der Waals surface area contributed by atoms with Gasteiger partial charge in [0, 0.05) is 4.90 Å². The molecule has 0 saturated carbocycles. The Morgan fingerprint density at radius 2 is 1.94 bits per heavy atom. The first-order valence-electron chi connectivity index (χ1n) is 4.76. The minimum atomic E-state index is -1.32. The summed E-state index contributed by atoms with van der Waals surface area (Å²) in [5.41, 5.74) is -0.612. The fourth-order valence-electron chi connectivity index (χ4n) is 1.17. The molecule has 0 aromatic heterocycles. The zero-order valence-electron chi connectivity index (χ0n) is 9.25. The van der Waals surface area contributed by atoms with E-state index in [4.69, 9.17) is 0 Å². The summed E-state index contributed by atoms with van der Waals surface area (Å²) in [4.78, 5) is 22.6. The van der Waals surface area contributed by atoms with Crippen molar-refractivity contribution in [3.05, 3.63) is 29.3 Å². The molecule has 0 amide bonds. The van der Waals surface area contributed by atoms with Crippen LogP contribution in [0.2, 0.25) is 0 Å². The van der Waals surface area contributed by atoms with Crippen molar-refractivity contribution in [1.82, 2.24) is 0 Å². The van der Waals surface area contributed by atoms with Crippen LogP contribution in [0.15, 0.2) is 17.0 Å².